The zero-order valence-corrected chi connectivity index (χ0v) is 38.7. The van der Waals surface area contributed by atoms with Crippen molar-refractivity contribution in [2.75, 3.05) is 40.9 Å². The lowest BCUT2D eigenvalue weighted by Crippen LogP contribution is -2.45. The molecule has 0 saturated carbocycles. The number of carbonyl (C=O) groups excluding carboxylic acids is 1. The molecule has 0 spiro atoms. The van der Waals surface area contributed by atoms with Crippen molar-refractivity contribution in [3.63, 3.8) is 0 Å². The predicted molar refractivity (Wildman–Crippen MR) is 238 cm³/mol. The van der Waals surface area contributed by atoms with Crippen LogP contribution in [0.2, 0.25) is 0 Å². The van der Waals surface area contributed by atoms with Gasteiger partial charge in [-0.25, -0.2) is 0 Å². The number of quaternary nitrogens is 1. The fourth-order valence-corrected chi connectivity index (χ4v) is 7.88. The quantitative estimate of drug-likeness (QED) is 0.0274. The summed E-state index contributed by atoms with van der Waals surface area (Å²) >= 11 is 0. The maximum absolute atomic E-state index is 12.8. The molecule has 0 rings (SSSR count). The molecule has 1 amide bonds. The summed E-state index contributed by atoms with van der Waals surface area (Å²) in [5.74, 6) is -0.200. The molecule has 0 aromatic carbocycles. The van der Waals surface area contributed by atoms with Gasteiger partial charge in [0.1, 0.15) is 13.2 Å². The fourth-order valence-electron chi connectivity index (χ4n) is 7.15. The molecular weight excluding hydrogens is 719 g/mol. The van der Waals surface area contributed by atoms with E-state index in [-0.39, 0.29) is 19.1 Å². The Morgan fingerprint density at radius 1 is 0.607 bits per heavy atom. The summed E-state index contributed by atoms with van der Waals surface area (Å²) in [7, 11) is 1.27. The zero-order chi connectivity index (χ0) is 41.4. The molecular formula is C47H95N2O6P. The van der Waals surface area contributed by atoms with Gasteiger partial charge in [-0.2, -0.15) is 0 Å². The van der Waals surface area contributed by atoms with E-state index < -0.39 is 20.0 Å². The molecule has 0 heterocycles. The van der Waals surface area contributed by atoms with Crippen LogP contribution in [-0.2, 0) is 18.4 Å². The van der Waals surface area contributed by atoms with Crippen LogP contribution in [0.3, 0.4) is 0 Å². The minimum absolute atomic E-state index is 0.00178. The van der Waals surface area contributed by atoms with Crippen LogP contribution in [0, 0.1) is 0 Å². The van der Waals surface area contributed by atoms with E-state index in [9.17, 15) is 19.4 Å². The number of unbranched alkanes of at least 4 members (excludes halogenated alkanes) is 31. The van der Waals surface area contributed by atoms with Crippen molar-refractivity contribution < 1.29 is 32.9 Å². The normalized spacial score (nSPS) is 14.3. The average molecular weight is 815 g/mol. The molecule has 9 heteroatoms. The van der Waals surface area contributed by atoms with Gasteiger partial charge < -0.3 is 28.8 Å². The van der Waals surface area contributed by atoms with Crippen molar-refractivity contribution in [3.8, 4) is 0 Å². The summed E-state index contributed by atoms with van der Waals surface area (Å²) in [5, 5.41) is 13.7. The number of amides is 1. The van der Waals surface area contributed by atoms with Crippen LogP contribution in [0.25, 0.3) is 0 Å². The summed E-state index contributed by atoms with van der Waals surface area (Å²) in [5.41, 5.74) is 0. The van der Waals surface area contributed by atoms with Crippen molar-refractivity contribution in [2.24, 2.45) is 0 Å². The van der Waals surface area contributed by atoms with Crippen molar-refractivity contribution in [1.29, 1.82) is 0 Å². The molecule has 8 nitrogen and oxygen atoms in total. The fraction of sp³-hybridized carbons (Fsp3) is 0.936. The van der Waals surface area contributed by atoms with Gasteiger partial charge in [0.05, 0.1) is 39.9 Å². The van der Waals surface area contributed by atoms with Gasteiger partial charge in [0.15, 0.2) is 0 Å². The van der Waals surface area contributed by atoms with Gasteiger partial charge in [0.2, 0.25) is 5.91 Å². The van der Waals surface area contributed by atoms with Crippen LogP contribution >= 0.6 is 7.82 Å². The Labute approximate surface area is 348 Å². The van der Waals surface area contributed by atoms with Gasteiger partial charge in [-0.05, 0) is 19.3 Å². The minimum Gasteiger partial charge on any atom is -0.756 e. The molecule has 334 valence electrons. The van der Waals surface area contributed by atoms with Crippen LogP contribution in [0.5, 0.6) is 0 Å². The first kappa shape index (κ1) is 55.2. The van der Waals surface area contributed by atoms with Crippen molar-refractivity contribution >= 4 is 13.7 Å². The van der Waals surface area contributed by atoms with E-state index in [1.807, 2.05) is 27.2 Å². The number of nitrogens with zero attached hydrogens (tertiary/aromatic N) is 1. The van der Waals surface area contributed by atoms with Crippen LogP contribution in [0.15, 0.2) is 12.2 Å². The summed E-state index contributed by atoms with van der Waals surface area (Å²) in [6.45, 7) is 4.63. The number of hydrogen-bond acceptors (Lipinski definition) is 6. The lowest BCUT2D eigenvalue weighted by atomic mass is 10.0. The third-order valence-electron chi connectivity index (χ3n) is 11.0. The lowest BCUT2D eigenvalue weighted by molar-refractivity contribution is -0.870. The van der Waals surface area contributed by atoms with Crippen LogP contribution in [0.4, 0.5) is 0 Å². The Hall–Kier alpha value is -0.760. The maximum atomic E-state index is 12.8. The van der Waals surface area contributed by atoms with E-state index in [0.29, 0.717) is 17.4 Å². The van der Waals surface area contributed by atoms with E-state index in [4.69, 9.17) is 9.05 Å². The third kappa shape index (κ3) is 41.4. The number of allylic oxidation sites excluding steroid dienone is 1. The predicted octanol–water partition coefficient (Wildman–Crippen LogP) is 12.9. The molecule has 0 bridgehead atoms. The van der Waals surface area contributed by atoms with Crippen LogP contribution < -0.4 is 10.2 Å². The molecule has 3 unspecified atom stereocenters. The van der Waals surface area contributed by atoms with Gasteiger partial charge in [-0.3, -0.25) is 9.36 Å². The standard InChI is InChI=1S/C47H95N2O6P/c1-6-8-10-12-14-16-17-18-19-20-21-22-23-24-25-26-27-28-29-30-31-32-33-34-36-38-40-46(50)45(44-55-56(52,53)54-43-42-49(3,4)5)48-47(51)41-39-37-35-15-13-11-9-7-2/h38,40,45-46,50H,6-37,39,41-44H2,1-5H3,(H-,48,51,52,53)/b40-38+. The van der Waals surface area contributed by atoms with Crippen LogP contribution in [-0.4, -0.2) is 68.5 Å². The Balaban J connectivity index is 4.11. The number of phosphoric acid groups is 1. The first-order valence-electron chi connectivity index (χ1n) is 24.1. The highest BCUT2D eigenvalue weighted by Gasteiger charge is 2.23. The SMILES string of the molecule is CCCCCCCCCCCCCCCCCCCCCCCCCC/C=C/C(O)C(COP(=O)([O-])OCC[N+](C)(C)C)NC(=O)CCCCCCCCCC. The second-order valence-electron chi connectivity index (χ2n) is 17.8. The van der Waals surface area contributed by atoms with E-state index in [1.165, 1.54) is 173 Å². The van der Waals surface area contributed by atoms with Crippen LogP contribution in [0.1, 0.15) is 232 Å². The first-order valence-corrected chi connectivity index (χ1v) is 25.5. The molecule has 0 radical (unpaired) electrons. The summed E-state index contributed by atoms with van der Waals surface area (Å²) in [6.07, 6.45) is 45.8. The van der Waals surface area contributed by atoms with E-state index in [0.717, 1.165) is 38.5 Å². The van der Waals surface area contributed by atoms with Crippen molar-refractivity contribution in [1.82, 2.24) is 5.32 Å². The highest BCUT2D eigenvalue weighted by molar-refractivity contribution is 7.45. The lowest BCUT2D eigenvalue weighted by Gasteiger charge is -2.29. The zero-order valence-electron chi connectivity index (χ0n) is 37.9. The number of likely N-dealkylation sites (N-methyl/N-ethyl adjacent to an activating group) is 1. The number of carbonyl (C=O) groups is 1. The number of phosphoric ester groups is 1. The highest BCUT2D eigenvalue weighted by Crippen LogP contribution is 2.38. The van der Waals surface area contributed by atoms with E-state index in [2.05, 4.69) is 19.2 Å². The molecule has 0 aliphatic heterocycles. The number of aliphatic hydroxyl groups excluding tert-OH is 1. The average Bonchev–Trinajstić information content (AvgIpc) is 3.15. The van der Waals surface area contributed by atoms with Crippen molar-refractivity contribution in [3.05, 3.63) is 12.2 Å². The molecule has 2 N–H and O–H groups in total. The molecule has 56 heavy (non-hydrogen) atoms. The summed E-state index contributed by atoms with van der Waals surface area (Å²) in [4.78, 5) is 25.2. The van der Waals surface area contributed by atoms with Gasteiger partial charge in [0.25, 0.3) is 7.82 Å². The Morgan fingerprint density at radius 2 is 0.964 bits per heavy atom. The Bertz CT molecular complexity index is 927. The summed E-state index contributed by atoms with van der Waals surface area (Å²) < 4.78 is 23.1. The number of nitrogens with one attached hydrogen (secondary N) is 1. The molecule has 0 aromatic rings. The number of hydrogen-bond donors (Lipinski definition) is 2. The van der Waals surface area contributed by atoms with Gasteiger partial charge in [-0.15, -0.1) is 0 Å². The summed E-state index contributed by atoms with van der Waals surface area (Å²) in [6, 6.07) is -0.878. The Morgan fingerprint density at radius 3 is 1.34 bits per heavy atom. The molecule has 3 atom stereocenters. The first-order chi connectivity index (χ1) is 27.0. The second-order valence-corrected chi connectivity index (χ2v) is 19.2. The van der Waals surface area contributed by atoms with Crippen molar-refractivity contribution in [2.45, 2.75) is 244 Å². The topological polar surface area (TPSA) is 108 Å². The Kier molecular flexibility index (Phi) is 39.1. The monoisotopic (exact) mass is 815 g/mol. The highest BCUT2D eigenvalue weighted by atomic mass is 31.2. The number of aliphatic hydroxyl groups is 1. The largest absolute Gasteiger partial charge is 0.756 e. The molecule has 0 aromatic heterocycles. The van der Waals surface area contributed by atoms with Gasteiger partial charge >= 0.3 is 0 Å². The second kappa shape index (κ2) is 39.7. The molecule has 0 aliphatic rings. The molecule has 0 aliphatic carbocycles. The van der Waals surface area contributed by atoms with Gasteiger partial charge in [-0.1, -0.05) is 219 Å². The smallest absolute Gasteiger partial charge is 0.268 e. The number of rotatable bonds is 44. The third-order valence-corrected chi connectivity index (χ3v) is 12.0. The van der Waals surface area contributed by atoms with E-state index in [1.54, 1.807) is 6.08 Å². The molecule has 0 fully saturated rings. The minimum atomic E-state index is -4.58. The van der Waals surface area contributed by atoms with Gasteiger partial charge in [0, 0.05) is 6.42 Å². The van der Waals surface area contributed by atoms with E-state index >= 15 is 0 Å². The maximum Gasteiger partial charge on any atom is 0.268 e. The molecule has 0 saturated heterocycles.